The number of fused-ring (bicyclic) bond motifs is 1. The van der Waals surface area contributed by atoms with Gasteiger partial charge < -0.3 is 10.1 Å². The molecule has 136 valence electrons. The van der Waals surface area contributed by atoms with Crippen molar-refractivity contribution in [1.82, 2.24) is 10.0 Å². The molecule has 1 fully saturated rings. The number of carbonyl (C=O) groups excluding carboxylic acids is 1. The smallest absolute Gasteiger partial charge is 0.348 e. The van der Waals surface area contributed by atoms with E-state index in [9.17, 15) is 13.2 Å². The van der Waals surface area contributed by atoms with Gasteiger partial charge in [-0.1, -0.05) is 0 Å². The maximum atomic E-state index is 12.5. The van der Waals surface area contributed by atoms with Gasteiger partial charge in [0.1, 0.15) is 4.88 Å². The van der Waals surface area contributed by atoms with Crippen molar-refractivity contribution in [2.24, 2.45) is 5.92 Å². The fourth-order valence-electron chi connectivity index (χ4n) is 2.93. The lowest BCUT2D eigenvalue weighted by Crippen LogP contribution is -2.26. The van der Waals surface area contributed by atoms with Gasteiger partial charge in [0.05, 0.1) is 11.5 Å². The molecule has 8 heteroatoms. The minimum Gasteiger partial charge on any atom is -0.462 e. The molecule has 0 spiro atoms. The number of carbonyl (C=O) groups is 1. The van der Waals surface area contributed by atoms with Crippen LogP contribution in [0, 0.1) is 5.92 Å². The number of ether oxygens (including phenoxy) is 1. The standard InChI is InChI=1S/C17H22N2O4S2/c1-2-23-17(20)16-10-13-9-14(3-4-15(13)24-16)25(21,22)19-8-6-12-5-7-18-11-12/h3-4,9-10,12,18-19H,2,5-8,11H2,1H3. The summed E-state index contributed by atoms with van der Waals surface area (Å²) in [7, 11) is -3.55. The van der Waals surface area contributed by atoms with Crippen LogP contribution in [0.2, 0.25) is 0 Å². The van der Waals surface area contributed by atoms with E-state index in [-0.39, 0.29) is 10.9 Å². The zero-order chi connectivity index (χ0) is 17.9. The van der Waals surface area contributed by atoms with Gasteiger partial charge in [0.15, 0.2) is 0 Å². The molecule has 2 N–H and O–H groups in total. The molecule has 0 amide bonds. The van der Waals surface area contributed by atoms with Gasteiger partial charge in [-0.2, -0.15) is 0 Å². The Bertz CT molecular complexity index is 855. The number of benzene rings is 1. The molecule has 1 unspecified atom stereocenters. The minimum absolute atomic E-state index is 0.220. The van der Waals surface area contributed by atoms with E-state index >= 15 is 0 Å². The Morgan fingerprint density at radius 2 is 2.24 bits per heavy atom. The van der Waals surface area contributed by atoms with Crippen molar-refractivity contribution in [3.63, 3.8) is 0 Å². The van der Waals surface area contributed by atoms with E-state index in [4.69, 9.17) is 4.74 Å². The third-order valence-electron chi connectivity index (χ3n) is 4.28. The molecule has 1 atom stereocenters. The summed E-state index contributed by atoms with van der Waals surface area (Å²) in [5.41, 5.74) is 0. The van der Waals surface area contributed by atoms with E-state index in [1.807, 2.05) is 0 Å². The number of thiophene rings is 1. The van der Waals surface area contributed by atoms with Crippen molar-refractivity contribution >= 4 is 37.4 Å². The van der Waals surface area contributed by atoms with Crippen LogP contribution in [0.25, 0.3) is 10.1 Å². The minimum atomic E-state index is -3.55. The first-order valence-electron chi connectivity index (χ1n) is 8.40. The molecule has 2 heterocycles. The maximum Gasteiger partial charge on any atom is 0.348 e. The van der Waals surface area contributed by atoms with Crippen LogP contribution in [0.3, 0.4) is 0 Å². The molecule has 0 bridgehead atoms. The Labute approximate surface area is 151 Å². The zero-order valence-electron chi connectivity index (χ0n) is 14.1. The monoisotopic (exact) mass is 382 g/mol. The van der Waals surface area contributed by atoms with Crippen LogP contribution in [0.5, 0.6) is 0 Å². The molecular formula is C17H22N2O4S2. The quantitative estimate of drug-likeness (QED) is 0.718. The predicted octanol–water partition coefficient (Wildman–Crippen LogP) is 2.36. The summed E-state index contributed by atoms with van der Waals surface area (Å²) in [6.07, 6.45) is 1.93. The Hall–Kier alpha value is -1.48. The van der Waals surface area contributed by atoms with Gasteiger partial charge in [-0.25, -0.2) is 17.9 Å². The average Bonchev–Trinajstić information content (AvgIpc) is 3.23. The molecule has 0 aliphatic carbocycles. The largest absolute Gasteiger partial charge is 0.462 e. The fourth-order valence-corrected chi connectivity index (χ4v) is 4.95. The lowest BCUT2D eigenvalue weighted by Gasteiger charge is -2.10. The number of sulfonamides is 1. The highest BCUT2D eigenvalue weighted by molar-refractivity contribution is 7.89. The van der Waals surface area contributed by atoms with Crippen molar-refractivity contribution in [1.29, 1.82) is 0 Å². The lowest BCUT2D eigenvalue weighted by atomic mass is 10.1. The number of hydrogen-bond acceptors (Lipinski definition) is 6. The Morgan fingerprint density at radius 1 is 1.40 bits per heavy atom. The molecule has 25 heavy (non-hydrogen) atoms. The molecular weight excluding hydrogens is 360 g/mol. The van der Waals surface area contributed by atoms with Crippen molar-refractivity contribution < 1.29 is 17.9 Å². The summed E-state index contributed by atoms with van der Waals surface area (Å²) < 4.78 is 33.5. The van der Waals surface area contributed by atoms with Gasteiger partial charge in [-0.05, 0) is 68.4 Å². The highest BCUT2D eigenvalue weighted by Gasteiger charge is 2.19. The SMILES string of the molecule is CCOC(=O)c1cc2cc(S(=O)(=O)NCCC3CCNC3)ccc2s1. The van der Waals surface area contributed by atoms with E-state index in [1.54, 1.807) is 31.2 Å². The predicted molar refractivity (Wildman–Crippen MR) is 98.6 cm³/mol. The second-order valence-electron chi connectivity index (χ2n) is 6.08. The number of nitrogens with one attached hydrogen (secondary N) is 2. The third-order valence-corrected chi connectivity index (χ3v) is 6.84. The van der Waals surface area contributed by atoms with Gasteiger partial charge >= 0.3 is 5.97 Å². The van der Waals surface area contributed by atoms with Gasteiger partial charge in [0, 0.05) is 11.2 Å². The first-order chi connectivity index (χ1) is 12.0. The molecule has 1 aromatic heterocycles. The van der Waals surface area contributed by atoms with Gasteiger partial charge in [-0.3, -0.25) is 0 Å². The number of rotatable bonds is 7. The van der Waals surface area contributed by atoms with E-state index < -0.39 is 10.0 Å². The van der Waals surface area contributed by atoms with Crippen LogP contribution in [0.15, 0.2) is 29.2 Å². The molecule has 0 saturated carbocycles. The van der Waals surface area contributed by atoms with Gasteiger partial charge in [-0.15, -0.1) is 11.3 Å². The highest BCUT2D eigenvalue weighted by Crippen LogP contribution is 2.28. The normalized spacial score (nSPS) is 17.9. The molecule has 6 nitrogen and oxygen atoms in total. The Kier molecular flexibility index (Phi) is 5.73. The van der Waals surface area contributed by atoms with Gasteiger partial charge in [0.2, 0.25) is 10.0 Å². The van der Waals surface area contributed by atoms with Crippen LogP contribution in [-0.2, 0) is 14.8 Å². The Morgan fingerprint density at radius 3 is 2.96 bits per heavy atom. The van der Waals surface area contributed by atoms with E-state index in [1.165, 1.54) is 11.3 Å². The van der Waals surface area contributed by atoms with Crippen LogP contribution in [0.1, 0.15) is 29.4 Å². The highest BCUT2D eigenvalue weighted by atomic mass is 32.2. The second kappa shape index (κ2) is 7.82. The molecule has 1 aromatic carbocycles. The molecule has 1 aliphatic rings. The maximum absolute atomic E-state index is 12.5. The Balaban J connectivity index is 1.71. The molecule has 1 aliphatic heterocycles. The van der Waals surface area contributed by atoms with Crippen molar-refractivity contribution in [2.45, 2.75) is 24.7 Å². The summed E-state index contributed by atoms with van der Waals surface area (Å²) in [5.74, 6) is 0.158. The first kappa shape index (κ1) is 18.3. The topological polar surface area (TPSA) is 84.5 Å². The number of esters is 1. The van der Waals surface area contributed by atoms with Crippen molar-refractivity contribution in [2.75, 3.05) is 26.2 Å². The third kappa shape index (κ3) is 4.38. The van der Waals surface area contributed by atoms with E-state index in [2.05, 4.69) is 10.0 Å². The van der Waals surface area contributed by atoms with Crippen LogP contribution < -0.4 is 10.0 Å². The van der Waals surface area contributed by atoms with Crippen molar-refractivity contribution in [3.05, 3.63) is 29.1 Å². The second-order valence-corrected chi connectivity index (χ2v) is 8.93. The van der Waals surface area contributed by atoms with Crippen LogP contribution in [0.4, 0.5) is 0 Å². The molecule has 2 aromatic rings. The summed E-state index contributed by atoms with van der Waals surface area (Å²) in [6, 6.07) is 6.60. The summed E-state index contributed by atoms with van der Waals surface area (Å²) in [6.45, 7) is 4.47. The van der Waals surface area contributed by atoms with Crippen LogP contribution in [-0.4, -0.2) is 40.6 Å². The van der Waals surface area contributed by atoms with Gasteiger partial charge in [0.25, 0.3) is 0 Å². The number of hydrogen-bond donors (Lipinski definition) is 2. The molecule has 0 radical (unpaired) electrons. The van der Waals surface area contributed by atoms with Crippen molar-refractivity contribution in [3.8, 4) is 0 Å². The van der Waals surface area contributed by atoms with Crippen LogP contribution >= 0.6 is 11.3 Å². The summed E-state index contributed by atoms with van der Waals surface area (Å²) in [5, 5.41) is 4.01. The first-order valence-corrected chi connectivity index (χ1v) is 10.7. The molecule has 1 saturated heterocycles. The van der Waals surface area contributed by atoms with E-state index in [0.717, 1.165) is 36.0 Å². The average molecular weight is 383 g/mol. The zero-order valence-corrected chi connectivity index (χ0v) is 15.7. The summed E-state index contributed by atoms with van der Waals surface area (Å²) >= 11 is 1.30. The lowest BCUT2D eigenvalue weighted by molar-refractivity contribution is 0.0532. The summed E-state index contributed by atoms with van der Waals surface area (Å²) in [4.78, 5) is 12.5. The fraction of sp³-hybridized carbons (Fsp3) is 0.471. The molecule has 3 rings (SSSR count). The van der Waals surface area contributed by atoms with E-state index in [0.29, 0.717) is 23.9 Å².